The lowest BCUT2D eigenvalue weighted by Gasteiger charge is -2.10. The van der Waals surface area contributed by atoms with Gasteiger partial charge in [-0.3, -0.25) is 0 Å². The Labute approximate surface area is 82.5 Å². The Balaban J connectivity index is 3.37. The van der Waals surface area contributed by atoms with E-state index in [9.17, 15) is 13.2 Å². The maximum absolute atomic E-state index is 12.2. The van der Waals surface area contributed by atoms with Crippen LogP contribution < -0.4 is 0 Å². The monoisotopic (exact) mass is 229 g/mol. The Morgan fingerprint density at radius 2 is 1.85 bits per heavy atom. The van der Waals surface area contributed by atoms with Gasteiger partial charge >= 0.3 is 6.18 Å². The first-order chi connectivity index (χ1) is 5.82. The fourth-order valence-electron chi connectivity index (χ4n) is 0.825. The second-order valence-corrected chi connectivity index (χ2v) is 3.19. The Morgan fingerprint density at radius 3 is 2.31 bits per heavy atom. The first-order valence-electron chi connectivity index (χ1n) is 3.22. The van der Waals surface area contributed by atoms with Gasteiger partial charge in [0, 0.05) is 5.02 Å². The quantitative estimate of drug-likeness (QED) is 0.619. The zero-order valence-corrected chi connectivity index (χ0v) is 7.93. The van der Waals surface area contributed by atoms with Gasteiger partial charge in [-0.05, 0) is 18.6 Å². The molecule has 0 amide bonds. The topological polar surface area (TPSA) is 12.9 Å². The van der Waals surface area contributed by atoms with Crippen molar-refractivity contribution in [2.24, 2.45) is 0 Å². The zero-order chi connectivity index (χ0) is 10.2. The summed E-state index contributed by atoms with van der Waals surface area (Å²) in [4.78, 5) is 3.16. The predicted molar refractivity (Wildman–Crippen MR) is 44.0 cm³/mol. The fraction of sp³-hybridized carbons (Fsp3) is 0.286. The van der Waals surface area contributed by atoms with E-state index in [1.165, 1.54) is 13.0 Å². The third kappa shape index (κ3) is 2.25. The summed E-state index contributed by atoms with van der Waals surface area (Å²) in [7, 11) is 0. The lowest BCUT2D eigenvalue weighted by molar-refractivity contribution is -0.141. The number of halogens is 5. The van der Waals surface area contributed by atoms with Gasteiger partial charge in [0.2, 0.25) is 0 Å². The lowest BCUT2D eigenvalue weighted by Crippen LogP contribution is -2.10. The molecule has 0 aliphatic heterocycles. The minimum absolute atomic E-state index is 0.0349. The molecule has 1 aromatic rings. The second-order valence-electron chi connectivity index (χ2n) is 2.40. The highest BCUT2D eigenvalue weighted by molar-refractivity contribution is 6.34. The van der Waals surface area contributed by atoms with Crippen molar-refractivity contribution < 1.29 is 13.2 Å². The van der Waals surface area contributed by atoms with Gasteiger partial charge in [-0.25, -0.2) is 4.98 Å². The first kappa shape index (κ1) is 10.6. The summed E-state index contributed by atoms with van der Waals surface area (Å²) < 4.78 is 36.7. The molecule has 0 unspecified atom stereocenters. The summed E-state index contributed by atoms with van der Waals surface area (Å²) in [5.74, 6) is 0. The number of pyridine rings is 1. The third-order valence-electron chi connectivity index (χ3n) is 1.45. The van der Waals surface area contributed by atoms with Crippen LogP contribution in [0.25, 0.3) is 0 Å². The summed E-state index contributed by atoms with van der Waals surface area (Å²) in [6, 6.07) is 1.17. The van der Waals surface area contributed by atoms with E-state index in [0.29, 0.717) is 0 Å². The van der Waals surface area contributed by atoms with E-state index in [1.807, 2.05) is 0 Å². The number of alkyl halides is 3. The first-order valence-corrected chi connectivity index (χ1v) is 3.98. The van der Waals surface area contributed by atoms with Crippen molar-refractivity contribution in [1.82, 2.24) is 4.98 Å². The molecule has 0 fully saturated rings. The molecule has 0 aliphatic carbocycles. The van der Waals surface area contributed by atoms with Crippen molar-refractivity contribution in [3.05, 3.63) is 27.5 Å². The number of hydrogen-bond acceptors (Lipinski definition) is 1. The van der Waals surface area contributed by atoms with Gasteiger partial charge in [0.25, 0.3) is 0 Å². The molecule has 1 heterocycles. The van der Waals surface area contributed by atoms with Gasteiger partial charge in [0.15, 0.2) is 5.69 Å². The maximum Gasteiger partial charge on any atom is 0.433 e. The van der Waals surface area contributed by atoms with Crippen LogP contribution in [0, 0.1) is 6.92 Å². The summed E-state index contributed by atoms with van der Waals surface area (Å²) in [6.45, 7) is 1.24. The average Bonchev–Trinajstić information content (AvgIpc) is 1.94. The Morgan fingerprint density at radius 1 is 1.31 bits per heavy atom. The van der Waals surface area contributed by atoms with Crippen molar-refractivity contribution in [2.75, 3.05) is 0 Å². The van der Waals surface area contributed by atoms with Gasteiger partial charge in [-0.1, -0.05) is 23.2 Å². The molecule has 6 heteroatoms. The molecule has 0 spiro atoms. The molecular formula is C7H4Cl2F3N. The molecule has 13 heavy (non-hydrogen) atoms. The van der Waals surface area contributed by atoms with Gasteiger partial charge in [0.1, 0.15) is 5.15 Å². The van der Waals surface area contributed by atoms with Gasteiger partial charge in [-0.2, -0.15) is 13.2 Å². The molecule has 0 saturated heterocycles. The number of hydrogen-bond donors (Lipinski definition) is 0. The molecule has 1 aromatic heterocycles. The van der Waals surface area contributed by atoms with Crippen molar-refractivity contribution >= 4 is 23.2 Å². The van der Waals surface area contributed by atoms with Crippen LogP contribution >= 0.6 is 23.2 Å². The van der Waals surface area contributed by atoms with E-state index >= 15 is 0 Å². The molecule has 1 nitrogen and oxygen atoms in total. The molecule has 0 atom stereocenters. The lowest BCUT2D eigenvalue weighted by atomic mass is 10.2. The molecule has 72 valence electrons. The van der Waals surface area contributed by atoms with E-state index in [1.54, 1.807) is 0 Å². The highest BCUT2D eigenvalue weighted by Crippen LogP contribution is 2.34. The SMILES string of the molecule is Cc1c(Cl)cc(Cl)nc1C(F)(F)F. The summed E-state index contributed by atoms with van der Waals surface area (Å²) in [6.07, 6.45) is -4.52. The van der Waals surface area contributed by atoms with Crippen LogP contribution in [-0.4, -0.2) is 4.98 Å². The molecule has 0 saturated carbocycles. The van der Waals surface area contributed by atoms with Crippen LogP contribution in [-0.2, 0) is 6.18 Å². The standard InChI is InChI=1S/C7H4Cl2F3N/c1-3-4(8)2-5(9)13-6(3)7(10,11)12/h2H,1H3. The van der Waals surface area contributed by atoms with Gasteiger partial charge in [-0.15, -0.1) is 0 Å². The van der Waals surface area contributed by atoms with Crippen LogP contribution in [0.15, 0.2) is 6.07 Å². The van der Waals surface area contributed by atoms with Crippen molar-refractivity contribution in [1.29, 1.82) is 0 Å². The smallest absolute Gasteiger partial charge is 0.231 e. The largest absolute Gasteiger partial charge is 0.433 e. The Kier molecular flexibility index (Phi) is 2.73. The highest BCUT2D eigenvalue weighted by atomic mass is 35.5. The van der Waals surface area contributed by atoms with E-state index in [2.05, 4.69) is 4.98 Å². The van der Waals surface area contributed by atoms with E-state index in [-0.39, 0.29) is 15.7 Å². The predicted octanol–water partition coefficient (Wildman–Crippen LogP) is 3.72. The second kappa shape index (κ2) is 3.35. The normalized spacial score (nSPS) is 11.8. The molecule has 0 aliphatic rings. The van der Waals surface area contributed by atoms with E-state index < -0.39 is 11.9 Å². The van der Waals surface area contributed by atoms with Crippen molar-refractivity contribution in [3.8, 4) is 0 Å². The molecule has 1 rings (SSSR count). The minimum atomic E-state index is -4.52. The summed E-state index contributed by atoms with van der Waals surface area (Å²) in [5.41, 5.74) is -1.15. The zero-order valence-electron chi connectivity index (χ0n) is 6.41. The maximum atomic E-state index is 12.2. The van der Waals surface area contributed by atoms with Crippen LogP contribution in [0.1, 0.15) is 11.3 Å². The fourth-order valence-corrected chi connectivity index (χ4v) is 1.27. The highest BCUT2D eigenvalue weighted by Gasteiger charge is 2.35. The van der Waals surface area contributed by atoms with Gasteiger partial charge in [0.05, 0.1) is 0 Å². The number of nitrogens with zero attached hydrogens (tertiary/aromatic N) is 1. The molecule has 0 radical (unpaired) electrons. The van der Waals surface area contributed by atoms with Crippen molar-refractivity contribution in [3.63, 3.8) is 0 Å². The molecular weight excluding hydrogens is 226 g/mol. The number of rotatable bonds is 0. The van der Waals surface area contributed by atoms with E-state index in [4.69, 9.17) is 23.2 Å². The Bertz CT molecular complexity index is 335. The Hall–Kier alpha value is -0.480. The molecule has 0 N–H and O–H groups in total. The summed E-state index contributed by atoms with van der Waals surface area (Å²) >= 11 is 10.8. The molecule has 0 bridgehead atoms. The summed E-state index contributed by atoms with van der Waals surface area (Å²) in [5, 5.41) is -0.296. The van der Waals surface area contributed by atoms with Crippen LogP contribution in [0.5, 0.6) is 0 Å². The molecule has 0 aromatic carbocycles. The van der Waals surface area contributed by atoms with E-state index in [0.717, 1.165) is 0 Å². The van der Waals surface area contributed by atoms with Crippen LogP contribution in [0.4, 0.5) is 13.2 Å². The third-order valence-corrected chi connectivity index (χ3v) is 2.03. The minimum Gasteiger partial charge on any atom is -0.231 e. The average molecular weight is 230 g/mol. The van der Waals surface area contributed by atoms with Crippen LogP contribution in [0.2, 0.25) is 10.2 Å². The van der Waals surface area contributed by atoms with Crippen LogP contribution in [0.3, 0.4) is 0 Å². The number of aromatic nitrogens is 1. The van der Waals surface area contributed by atoms with Crippen molar-refractivity contribution in [2.45, 2.75) is 13.1 Å². The van der Waals surface area contributed by atoms with Gasteiger partial charge < -0.3 is 0 Å².